The van der Waals surface area contributed by atoms with Crippen molar-refractivity contribution in [2.75, 3.05) is 7.05 Å². The highest BCUT2D eigenvalue weighted by Crippen LogP contribution is 2.08. The maximum absolute atomic E-state index is 5.20. The van der Waals surface area contributed by atoms with Crippen LogP contribution < -0.4 is 5.32 Å². The van der Waals surface area contributed by atoms with Gasteiger partial charge in [0.25, 0.3) is 0 Å². The summed E-state index contributed by atoms with van der Waals surface area (Å²) in [6, 6.07) is 1.85. The zero-order chi connectivity index (χ0) is 8.81. The number of nitrogens with one attached hydrogen (secondary N) is 1. The van der Waals surface area contributed by atoms with Crippen LogP contribution in [0.3, 0.4) is 0 Å². The van der Waals surface area contributed by atoms with Gasteiger partial charge in [-0.1, -0.05) is 0 Å². The van der Waals surface area contributed by atoms with Crippen molar-refractivity contribution in [3.8, 4) is 12.3 Å². The number of hydrogen-bond donors (Lipinski definition) is 1. The minimum Gasteiger partial charge on any atom is -0.310 e. The fourth-order valence-corrected chi connectivity index (χ4v) is 0.931. The summed E-state index contributed by atoms with van der Waals surface area (Å²) < 4.78 is 0. The highest BCUT2D eigenvalue weighted by molar-refractivity contribution is 5.01. The van der Waals surface area contributed by atoms with Crippen LogP contribution >= 0.6 is 0 Å². The average Bonchev–Trinajstić information content (AvgIpc) is 2.15. The summed E-state index contributed by atoms with van der Waals surface area (Å²) in [4.78, 5) is 8.20. The van der Waals surface area contributed by atoms with Gasteiger partial charge in [0.1, 0.15) is 5.82 Å². The Morgan fingerprint density at radius 1 is 1.58 bits per heavy atom. The second-order valence-electron chi connectivity index (χ2n) is 2.36. The van der Waals surface area contributed by atoms with Crippen LogP contribution in [-0.4, -0.2) is 17.0 Å². The van der Waals surface area contributed by atoms with Crippen LogP contribution in [0, 0.1) is 12.3 Å². The van der Waals surface area contributed by atoms with E-state index < -0.39 is 0 Å². The monoisotopic (exact) mass is 161 g/mol. The molecule has 1 heterocycles. The fourth-order valence-electron chi connectivity index (χ4n) is 0.931. The quantitative estimate of drug-likeness (QED) is 0.665. The number of aromatic nitrogens is 2. The van der Waals surface area contributed by atoms with Crippen LogP contribution in [0.1, 0.15) is 18.3 Å². The van der Waals surface area contributed by atoms with Crippen LogP contribution in [0.5, 0.6) is 0 Å². The molecule has 1 unspecified atom stereocenters. The summed E-state index contributed by atoms with van der Waals surface area (Å²) in [5.41, 5.74) is 0. The second-order valence-corrected chi connectivity index (χ2v) is 2.36. The first kappa shape index (κ1) is 8.69. The van der Waals surface area contributed by atoms with Gasteiger partial charge in [-0.25, -0.2) is 9.97 Å². The molecule has 0 aliphatic carbocycles. The normalized spacial score (nSPS) is 12.0. The first-order valence-electron chi connectivity index (χ1n) is 3.76. The SMILES string of the molecule is C#CCC(NC)c1ncccn1. The van der Waals surface area contributed by atoms with Crippen LogP contribution in [-0.2, 0) is 0 Å². The van der Waals surface area contributed by atoms with E-state index >= 15 is 0 Å². The first-order chi connectivity index (χ1) is 5.88. The van der Waals surface area contributed by atoms with E-state index in [0.29, 0.717) is 6.42 Å². The topological polar surface area (TPSA) is 37.8 Å². The summed E-state index contributed by atoms with van der Waals surface area (Å²) in [5.74, 6) is 3.32. The van der Waals surface area contributed by atoms with Crippen LogP contribution in [0.25, 0.3) is 0 Å². The molecular weight excluding hydrogens is 150 g/mol. The van der Waals surface area contributed by atoms with Crippen LogP contribution in [0.2, 0.25) is 0 Å². The highest BCUT2D eigenvalue weighted by Gasteiger charge is 2.08. The Bertz CT molecular complexity index is 263. The van der Waals surface area contributed by atoms with Gasteiger partial charge in [0.05, 0.1) is 6.04 Å². The zero-order valence-electron chi connectivity index (χ0n) is 6.99. The van der Waals surface area contributed by atoms with Gasteiger partial charge in [0, 0.05) is 18.8 Å². The molecule has 0 saturated heterocycles. The standard InChI is InChI=1S/C9H11N3/c1-3-5-8(10-2)9-11-6-4-7-12-9/h1,4,6-8,10H,5H2,2H3. The van der Waals surface area contributed by atoms with E-state index in [0.717, 1.165) is 5.82 Å². The molecule has 1 atom stereocenters. The second kappa shape index (κ2) is 4.47. The Balaban J connectivity index is 2.75. The smallest absolute Gasteiger partial charge is 0.146 e. The molecule has 1 N–H and O–H groups in total. The number of rotatable bonds is 3. The Kier molecular flexibility index (Phi) is 3.24. The summed E-state index contributed by atoms with van der Waals surface area (Å²) in [6.07, 6.45) is 9.23. The van der Waals surface area contributed by atoms with Crippen molar-refractivity contribution in [3.05, 3.63) is 24.3 Å². The maximum Gasteiger partial charge on any atom is 0.146 e. The molecule has 0 radical (unpaired) electrons. The lowest BCUT2D eigenvalue weighted by atomic mass is 10.2. The van der Waals surface area contributed by atoms with Crippen molar-refractivity contribution in [3.63, 3.8) is 0 Å². The minimum absolute atomic E-state index is 0.0659. The van der Waals surface area contributed by atoms with E-state index in [-0.39, 0.29) is 6.04 Å². The lowest BCUT2D eigenvalue weighted by Crippen LogP contribution is -2.18. The Morgan fingerprint density at radius 3 is 2.75 bits per heavy atom. The minimum atomic E-state index is 0.0659. The van der Waals surface area contributed by atoms with Crippen molar-refractivity contribution in [1.29, 1.82) is 0 Å². The molecular formula is C9H11N3. The molecule has 0 aliphatic rings. The number of nitrogens with zero attached hydrogens (tertiary/aromatic N) is 2. The van der Waals surface area contributed by atoms with Crippen LogP contribution in [0.4, 0.5) is 0 Å². The van der Waals surface area contributed by atoms with Crippen LogP contribution in [0.15, 0.2) is 18.5 Å². The van der Waals surface area contributed by atoms with Gasteiger partial charge in [-0.05, 0) is 13.1 Å². The van der Waals surface area contributed by atoms with Gasteiger partial charge in [0.15, 0.2) is 0 Å². The van der Waals surface area contributed by atoms with Crippen molar-refractivity contribution in [2.24, 2.45) is 0 Å². The molecule has 1 rings (SSSR count). The largest absolute Gasteiger partial charge is 0.310 e. The lowest BCUT2D eigenvalue weighted by molar-refractivity contribution is 0.574. The molecule has 3 nitrogen and oxygen atoms in total. The third kappa shape index (κ3) is 2.04. The summed E-state index contributed by atoms with van der Waals surface area (Å²) in [7, 11) is 1.85. The molecule has 3 heteroatoms. The summed E-state index contributed by atoms with van der Waals surface area (Å²) in [5, 5.41) is 3.05. The lowest BCUT2D eigenvalue weighted by Gasteiger charge is -2.09. The Hall–Kier alpha value is -1.40. The molecule has 12 heavy (non-hydrogen) atoms. The predicted octanol–water partition coefficient (Wildman–Crippen LogP) is 0.760. The van der Waals surface area contributed by atoms with Gasteiger partial charge < -0.3 is 5.32 Å². The average molecular weight is 161 g/mol. The first-order valence-corrected chi connectivity index (χ1v) is 3.76. The molecule has 0 fully saturated rings. The van der Waals surface area contributed by atoms with E-state index in [2.05, 4.69) is 21.2 Å². The predicted molar refractivity (Wildman–Crippen MR) is 47.3 cm³/mol. The fraction of sp³-hybridized carbons (Fsp3) is 0.333. The molecule has 0 aromatic carbocycles. The van der Waals surface area contributed by atoms with E-state index in [4.69, 9.17) is 6.42 Å². The Labute approximate surface area is 72.2 Å². The zero-order valence-corrected chi connectivity index (χ0v) is 6.99. The van der Waals surface area contributed by atoms with E-state index in [1.807, 2.05) is 7.05 Å². The van der Waals surface area contributed by atoms with Crippen molar-refractivity contribution >= 4 is 0 Å². The summed E-state index contributed by atoms with van der Waals surface area (Å²) in [6.45, 7) is 0. The molecule has 0 aliphatic heterocycles. The van der Waals surface area contributed by atoms with Crippen molar-refractivity contribution in [1.82, 2.24) is 15.3 Å². The molecule has 0 saturated carbocycles. The number of terminal acetylenes is 1. The molecule has 1 aromatic rings. The Morgan fingerprint density at radius 2 is 2.25 bits per heavy atom. The van der Waals surface area contributed by atoms with Gasteiger partial charge in [-0.3, -0.25) is 0 Å². The van der Waals surface area contributed by atoms with E-state index in [9.17, 15) is 0 Å². The van der Waals surface area contributed by atoms with Gasteiger partial charge >= 0.3 is 0 Å². The molecule has 0 bridgehead atoms. The van der Waals surface area contributed by atoms with Gasteiger partial charge in [0.2, 0.25) is 0 Å². The molecule has 1 aromatic heterocycles. The maximum atomic E-state index is 5.20. The third-order valence-corrected chi connectivity index (χ3v) is 1.57. The molecule has 0 spiro atoms. The van der Waals surface area contributed by atoms with E-state index in [1.165, 1.54) is 0 Å². The highest BCUT2D eigenvalue weighted by atomic mass is 15.0. The number of hydrogen-bond acceptors (Lipinski definition) is 3. The molecule has 62 valence electrons. The van der Waals surface area contributed by atoms with Crippen molar-refractivity contribution in [2.45, 2.75) is 12.5 Å². The molecule has 0 amide bonds. The third-order valence-electron chi connectivity index (χ3n) is 1.57. The van der Waals surface area contributed by atoms with Gasteiger partial charge in [-0.15, -0.1) is 12.3 Å². The van der Waals surface area contributed by atoms with Gasteiger partial charge in [-0.2, -0.15) is 0 Å². The van der Waals surface area contributed by atoms with E-state index in [1.54, 1.807) is 18.5 Å². The van der Waals surface area contributed by atoms with Crippen molar-refractivity contribution < 1.29 is 0 Å². The summed E-state index contributed by atoms with van der Waals surface area (Å²) >= 11 is 0.